The van der Waals surface area contributed by atoms with Crippen LogP contribution >= 0.6 is 0 Å². The minimum atomic E-state index is 0.100. The maximum absolute atomic E-state index is 5.77. The number of pyridine rings is 1. The van der Waals surface area contributed by atoms with Crippen molar-refractivity contribution in [1.29, 1.82) is 0 Å². The predicted molar refractivity (Wildman–Crippen MR) is 75.7 cm³/mol. The molecular formula is C14H17N5O. The molecular weight excluding hydrogens is 254 g/mol. The average molecular weight is 271 g/mol. The van der Waals surface area contributed by atoms with E-state index in [1.807, 2.05) is 18.3 Å². The van der Waals surface area contributed by atoms with Gasteiger partial charge in [-0.25, -0.2) is 15.0 Å². The van der Waals surface area contributed by atoms with E-state index in [0.29, 0.717) is 5.95 Å². The first-order valence-electron chi connectivity index (χ1n) is 6.61. The van der Waals surface area contributed by atoms with Crippen LogP contribution in [0.15, 0.2) is 36.8 Å². The fraction of sp³-hybridized carbons (Fsp3) is 0.357. The molecule has 1 saturated heterocycles. The van der Waals surface area contributed by atoms with Crippen LogP contribution in [0.1, 0.15) is 11.7 Å². The Kier molecular flexibility index (Phi) is 3.85. The lowest BCUT2D eigenvalue weighted by atomic mass is 10.1. The maximum Gasteiger partial charge on any atom is 0.228 e. The molecule has 0 radical (unpaired) electrons. The van der Waals surface area contributed by atoms with Crippen molar-refractivity contribution in [2.24, 2.45) is 0 Å². The molecule has 0 amide bonds. The summed E-state index contributed by atoms with van der Waals surface area (Å²) in [6.45, 7) is 2.64. The minimum absolute atomic E-state index is 0.100. The van der Waals surface area contributed by atoms with Gasteiger partial charge in [0, 0.05) is 37.2 Å². The third-order valence-corrected chi connectivity index (χ3v) is 3.23. The van der Waals surface area contributed by atoms with Crippen LogP contribution < -0.4 is 5.32 Å². The summed E-state index contributed by atoms with van der Waals surface area (Å²) < 4.78 is 5.77. The lowest BCUT2D eigenvalue weighted by Gasteiger charge is -2.30. The van der Waals surface area contributed by atoms with Crippen LogP contribution in [-0.2, 0) is 4.74 Å². The van der Waals surface area contributed by atoms with Crippen molar-refractivity contribution < 1.29 is 4.74 Å². The lowest BCUT2D eigenvalue weighted by Crippen LogP contribution is -2.35. The van der Waals surface area contributed by atoms with E-state index >= 15 is 0 Å². The van der Waals surface area contributed by atoms with Crippen molar-refractivity contribution in [3.8, 4) is 0 Å². The standard InChI is InChI=1S/C14H17N5O/c1-19-7-8-20-12(10-19)11-3-4-13(17-9-11)18-14-15-5-2-6-16-14/h2-6,9,12H,7-8,10H2,1H3,(H,15,16,17,18). The number of hydrogen-bond acceptors (Lipinski definition) is 6. The molecule has 20 heavy (non-hydrogen) atoms. The Balaban J connectivity index is 1.68. The fourth-order valence-corrected chi connectivity index (χ4v) is 2.13. The van der Waals surface area contributed by atoms with Gasteiger partial charge in [-0.15, -0.1) is 0 Å². The van der Waals surface area contributed by atoms with Crippen LogP contribution in [0, 0.1) is 0 Å². The Hall–Kier alpha value is -2.05. The predicted octanol–water partition coefficient (Wildman–Crippen LogP) is 1.62. The largest absolute Gasteiger partial charge is 0.371 e. The van der Waals surface area contributed by atoms with Crippen molar-refractivity contribution in [3.05, 3.63) is 42.4 Å². The zero-order valence-electron chi connectivity index (χ0n) is 11.4. The minimum Gasteiger partial charge on any atom is -0.371 e. The number of rotatable bonds is 3. The first kappa shape index (κ1) is 13.0. The molecule has 1 unspecified atom stereocenters. The highest BCUT2D eigenvalue weighted by Gasteiger charge is 2.19. The van der Waals surface area contributed by atoms with Crippen LogP contribution in [0.2, 0.25) is 0 Å². The van der Waals surface area contributed by atoms with E-state index in [9.17, 15) is 0 Å². The van der Waals surface area contributed by atoms with Crippen molar-refractivity contribution in [3.63, 3.8) is 0 Å². The first-order chi connectivity index (χ1) is 9.81. The zero-order chi connectivity index (χ0) is 13.8. The molecule has 0 bridgehead atoms. The molecule has 0 aliphatic carbocycles. The molecule has 3 rings (SSSR count). The van der Waals surface area contributed by atoms with Crippen molar-refractivity contribution >= 4 is 11.8 Å². The fourth-order valence-electron chi connectivity index (χ4n) is 2.13. The third-order valence-electron chi connectivity index (χ3n) is 3.23. The summed E-state index contributed by atoms with van der Waals surface area (Å²) in [5.41, 5.74) is 1.09. The summed E-state index contributed by atoms with van der Waals surface area (Å²) in [4.78, 5) is 14.9. The van der Waals surface area contributed by atoms with E-state index in [1.54, 1.807) is 18.5 Å². The van der Waals surface area contributed by atoms with Crippen molar-refractivity contribution in [1.82, 2.24) is 19.9 Å². The summed E-state index contributed by atoms with van der Waals surface area (Å²) in [5.74, 6) is 1.27. The van der Waals surface area contributed by atoms with Gasteiger partial charge in [0.15, 0.2) is 0 Å². The van der Waals surface area contributed by atoms with Gasteiger partial charge in [-0.05, 0) is 19.2 Å². The summed E-state index contributed by atoms with van der Waals surface area (Å²) >= 11 is 0. The number of hydrogen-bond donors (Lipinski definition) is 1. The second kappa shape index (κ2) is 5.94. The van der Waals surface area contributed by atoms with Crippen LogP contribution in [0.3, 0.4) is 0 Å². The zero-order valence-corrected chi connectivity index (χ0v) is 11.4. The van der Waals surface area contributed by atoms with Gasteiger partial charge in [0.05, 0.1) is 12.7 Å². The number of ether oxygens (including phenoxy) is 1. The van der Waals surface area contributed by atoms with Crippen LogP contribution in [0.4, 0.5) is 11.8 Å². The van der Waals surface area contributed by atoms with E-state index in [0.717, 1.165) is 31.1 Å². The number of morpholine rings is 1. The van der Waals surface area contributed by atoms with Gasteiger partial charge in [0.2, 0.25) is 5.95 Å². The second-order valence-electron chi connectivity index (χ2n) is 4.80. The smallest absolute Gasteiger partial charge is 0.228 e. The summed E-state index contributed by atoms with van der Waals surface area (Å²) in [7, 11) is 2.10. The summed E-state index contributed by atoms with van der Waals surface area (Å²) in [6, 6.07) is 5.73. The van der Waals surface area contributed by atoms with Gasteiger partial charge in [-0.3, -0.25) is 0 Å². The molecule has 104 valence electrons. The van der Waals surface area contributed by atoms with E-state index < -0.39 is 0 Å². The van der Waals surface area contributed by atoms with E-state index in [4.69, 9.17) is 4.74 Å². The van der Waals surface area contributed by atoms with Gasteiger partial charge in [0.25, 0.3) is 0 Å². The van der Waals surface area contributed by atoms with Gasteiger partial charge in [0.1, 0.15) is 5.82 Å². The van der Waals surface area contributed by atoms with Crippen LogP contribution in [0.25, 0.3) is 0 Å². The van der Waals surface area contributed by atoms with Crippen LogP contribution in [0.5, 0.6) is 0 Å². The molecule has 6 nitrogen and oxygen atoms in total. The molecule has 1 N–H and O–H groups in total. The molecule has 1 aliphatic heterocycles. The highest BCUT2D eigenvalue weighted by atomic mass is 16.5. The molecule has 3 heterocycles. The lowest BCUT2D eigenvalue weighted by molar-refractivity contribution is -0.0210. The van der Waals surface area contributed by atoms with Crippen LogP contribution in [-0.4, -0.2) is 46.6 Å². The molecule has 2 aromatic rings. The van der Waals surface area contributed by atoms with Gasteiger partial charge in [-0.1, -0.05) is 6.07 Å². The van der Waals surface area contributed by atoms with Gasteiger partial charge in [-0.2, -0.15) is 0 Å². The van der Waals surface area contributed by atoms with Gasteiger partial charge < -0.3 is 15.0 Å². The Morgan fingerprint density at radius 2 is 2.10 bits per heavy atom. The molecule has 2 aromatic heterocycles. The van der Waals surface area contributed by atoms with Crippen molar-refractivity contribution in [2.75, 3.05) is 32.1 Å². The monoisotopic (exact) mass is 271 g/mol. The van der Waals surface area contributed by atoms with Crippen molar-refractivity contribution in [2.45, 2.75) is 6.10 Å². The Bertz CT molecular complexity index is 545. The van der Waals surface area contributed by atoms with E-state index in [1.165, 1.54) is 0 Å². The molecule has 0 spiro atoms. The molecule has 0 aromatic carbocycles. The molecule has 1 atom stereocenters. The highest BCUT2D eigenvalue weighted by molar-refractivity contribution is 5.47. The van der Waals surface area contributed by atoms with Gasteiger partial charge >= 0.3 is 0 Å². The summed E-state index contributed by atoms with van der Waals surface area (Å²) in [6.07, 6.45) is 5.32. The number of nitrogens with one attached hydrogen (secondary N) is 1. The summed E-state index contributed by atoms with van der Waals surface area (Å²) in [5, 5.41) is 3.06. The number of likely N-dealkylation sites (N-methyl/N-ethyl adjacent to an activating group) is 1. The SMILES string of the molecule is CN1CCOC(c2ccc(Nc3ncccn3)nc2)C1. The highest BCUT2D eigenvalue weighted by Crippen LogP contribution is 2.22. The Labute approximate surface area is 117 Å². The quantitative estimate of drug-likeness (QED) is 0.915. The van der Waals surface area contributed by atoms with E-state index in [2.05, 4.69) is 32.2 Å². The number of anilines is 2. The number of nitrogens with zero attached hydrogens (tertiary/aromatic N) is 4. The van der Waals surface area contributed by atoms with E-state index in [-0.39, 0.29) is 6.10 Å². The topological polar surface area (TPSA) is 63.2 Å². The molecule has 6 heteroatoms. The average Bonchev–Trinajstić information content (AvgIpc) is 2.49. The Morgan fingerprint density at radius 3 is 2.80 bits per heavy atom. The third kappa shape index (κ3) is 3.09. The normalized spacial score (nSPS) is 19.8. The molecule has 0 saturated carbocycles. The Morgan fingerprint density at radius 1 is 1.25 bits per heavy atom. The number of aromatic nitrogens is 3. The molecule has 1 aliphatic rings. The first-order valence-corrected chi connectivity index (χ1v) is 6.61. The maximum atomic E-state index is 5.77. The molecule has 1 fully saturated rings. The second-order valence-corrected chi connectivity index (χ2v) is 4.80.